The minimum atomic E-state index is 0.473. The third-order valence-corrected chi connectivity index (χ3v) is 6.77. The first-order chi connectivity index (χ1) is 12.8. The van der Waals surface area contributed by atoms with Crippen molar-refractivity contribution >= 4 is 5.96 Å². The summed E-state index contributed by atoms with van der Waals surface area (Å²) in [5.41, 5.74) is 0.473. The topological polar surface area (TPSA) is 58.1 Å². The summed E-state index contributed by atoms with van der Waals surface area (Å²) in [6, 6.07) is 0.492. The average Bonchev–Trinajstić information content (AvgIpc) is 3.38. The molecule has 150 valence electrons. The summed E-state index contributed by atoms with van der Waals surface area (Å²) >= 11 is 0. The fourth-order valence-corrected chi connectivity index (χ4v) is 4.83. The highest BCUT2D eigenvalue weighted by molar-refractivity contribution is 5.79. The van der Waals surface area contributed by atoms with E-state index in [4.69, 9.17) is 9.47 Å². The number of hydrogen-bond acceptors (Lipinski definition) is 4. The number of nitrogens with zero attached hydrogens (tertiary/aromatic N) is 2. The highest BCUT2D eigenvalue weighted by Crippen LogP contribution is 2.40. The van der Waals surface area contributed by atoms with Crippen LogP contribution in [0.1, 0.15) is 45.4 Å². The lowest BCUT2D eigenvalue weighted by molar-refractivity contribution is 0.00246. The molecule has 3 fully saturated rings. The summed E-state index contributed by atoms with van der Waals surface area (Å²) in [7, 11) is 1.88. The lowest BCUT2D eigenvalue weighted by Crippen LogP contribution is -2.54. The molecule has 3 rings (SSSR count). The molecule has 6 nitrogen and oxygen atoms in total. The fourth-order valence-electron chi connectivity index (χ4n) is 4.83. The average molecular weight is 367 g/mol. The minimum Gasteiger partial charge on any atom is -0.381 e. The van der Waals surface area contributed by atoms with Crippen LogP contribution in [0.4, 0.5) is 0 Å². The standard InChI is InChI=1S/C20H38N4O2/c1-3-20(7-4-5-8-20)16-23-19(21-2)22-14-18(17-6-11-26-15-17)24-9-12-25-13-10-24/h17-18H,3-16H2,1-2H3,(H2,21,22,23). The van der Waals surface area contributed by atoms with E-state index in [0.717, 1.165) is 65.0 Å². The summed E-state index contributed by atoms with van der Waals surface area (Å²) < 4.78 is 11.2. The molecule has 1 aliphatic carbocycles. The molecule has 3 aliphatic rings. The van der Waals surface area contributed by atoms with E-state index < -0.39 is 0 Å². The van der Waals surface area contributed by atoms with Crippen LogP contribution < -0.4 is 10.6 Å². The zero-order valence-electron chi connectivity index (χ0n) is 16.8. The van der Waals surface area contributed by atoms with Crippen molar-refractivity contribution in [2.45, 2.75) is 51.5 Å². The van der Waals surface area contributed by atoms with Gasteiger partial charge in [0, 0.05) is 51.8 Å². The van der Waals surface area contributed by atoms with Crippen LogP contribution in [-0.4, -0.2) is 76.6 Å². The summed E-state index contributed by atoms with van der Waals surface area (Å²) in [4.78, 5) is 7.06. The van der Waals surface area contributed by atoms with Crippen LogP contribution in [0.2, 0.25) is 0 Å². The molecule has 6 heteroatoms. The SMILES string of the molecule is CCC1(CNC(=NC)NCC(C2CCOC2)N2CCOCC2)CCCC1. The van der Waals surface area contributed by atoms with Crippen molar-refractivity contribution in [1.29, 1.82) is 0 Å². The van der Waals surface area contributed by atoms with Crippen molar-refractivity contribution < 1.29 is 9.47 Å². The number of hydrogen-bond donors (Lipinski definition) is 2. The fraction of sp³-hybridized carbons (Fsp3) is 0.950. The zero-order valence-corrected chi connectivity index (χ0v) is 16.8. The van der Waals surface area contributed by atoms with Gasteiger partial charge in [0.2, 0.25) is 0 Å². The van der Waals surface area contributed by atoms with Crippen molar-refractivity contribution in [1.82, 2.24) is 15.5 Å². The predicted molar refractivity (Wildman–Crippen MR) is 106 cm³/mol. The van der Waals surface area contributed by atoms with Gasteiger partial charge in [0.25, 0.3) is 0 Å². The Kier molecular flexibility index (Phi) is 7.58. The molecule has 0 radical (unpaired) electrons. The Hall–Kier alpha value is -0.850. The molecule has 0 amide bonds. The van der Waals surface area contributed by atoms with Crippen molar-refractivity contribution in [2.24, 2.45) is 16.3 Å². The third-order valence-electron chi connectivity index (χ3n) is 6.77. The van der Waals surface area contributed by atoms with E-state index in [1.807, 2.05) is 7.05 Å². The Morgan fingerprint density at radius 3 is 2.54 bits per heavy atom. The van der Waals surface area contributed by atoms with Gasteiger partial charge in [-0.25, -0.2) is 0 Å². The van der Waals surface area contributed by atoms with Gasteiger partial charge in [0.05, 0.1) is 19.8 Å². The molecule has 2 N–H and O–H groups in total. The van der Waals surface area contributed by atoms with Gasteiger partial charge < -0.3 is 20.1 Å². The molecular weight excluding hydrogens is 328 g/mol. The van der Waals surface area contributed by atoms with E-state index in [0.29, 0.717) is 17.4 Å². The number of nitrogens with one attached hydrogen (secondary N) is 2. The molecule has 0 aromatic rings. The Bertz CT molecular complexity index is 439. The second kappa shape index (κ2) is 9.90. The van der Waals surface area contributed by atoms with E-state index >= 15 is 0 Å². The molecular formula is C20H38N4O2. The maximum Gasteiger partial charge on any atom is 0.191 e. The van der Waals surface area contributed by atoms with Crippen LogP contribution >= 0.6 is 0 Å². The molecule has 2 saturated heterocycles. The Labute approximate surface area is 159 Å². The monoisotopic (exact) mass is 366 g/mol. The van der Waals surface area contributed by atoms with Gasteiger partial charge in [-0.2, -0.15) is 0 Å². The second-order valence-electron chi connectivity index (χ2n) is 8.21. The van der Waals surface area contributed by atoms with E-state index in [9.17, 15) is 0 Å². The molecule has 26 heavy (non-hydrogen) atoms. The number of aliphatic imine (C=N–C) groups is 1. The molecule has 2 heterocycles. The van der Waals surface area contributed by atoms with Crippen molar-refractivity contribution in [3.63, 3.8) is 0 Å². The van der Waals surface area contributed by atoms with Gasteiger partial charge in [-0.1, -0.05) is 19.8 Å². The van der Waals surface area contributed by atoms with Crippen molar-refractivity contribution in [3.8, 4) is 0 Å². The van der Waals surface area contributed by atoms with Crippen LogP contribution in [0.25, 0.3) is 0 Å². The predicted octanol–water partition coefficient (Wildman–Crippen LogP) is 1.86. The normalized spacial score (nSPS) is 28.2. The molecule has 0 spiro atoms. The maximum atomic E-state index is 5.67. The molecule has 0 aromatic carbocycles. The molecule has 2 atom stereocenters. The highest BCUT2D eigenvalue weighted by atomic mass is 16.5. The third kappa shape index (κ3) is 5.11. The van der Waals surface area contributed by atoms with E-state index in [-0.39, 0.29) is 0 Å². The van der Waals surface area contributed by atoms with Crippen molar-refractivity contribution in [3.05, 3.63) is 0 Å². The van der Waals surface area contributed by atoms with Crippen LogP contribution in [0.3, 0.4) is 0 Å². The second-order valence-corrected chi connectivity index (χ2v) is 8.21. The quantitative estimate of drug-likeness (QED) is 0.532. The van der Waals surface area contributed by atoms with Crippen molar-refractivity contribution in [2.75, 3.05) is 59.7 Å². The minimum absolute atomic E-state index is 0.473. The first kappa shape index (κ1) is 19.9. The van der Waals surface area contributed by atoms with Gasteiger partial charge in [0.1, 0.15) is 0 Å². The van der Waals surface area contributed by atoms with Gasteiger partial charge in [0.15, 0.2) is 5.96 Å². The molecule has 0 bridgehead atoms. The molecule has 0 aromatic heterocycles. The van der Waals surface area contributed by atoms with Crippen LogP contribution in [0, 0.1) is 11.3 Å². The van der Waals surface area contributed by atoms with Crippen LogP contribution in [0.5, 0.6) is 0 Å². The van der Waals surface area contributed by atoms with Crippen LogP contribution in [-0.2, 0) is 9.47 Å². The lowest BCUT2D eigenvalue weighted by Gasteiger charge is -2.38. The Morgan fingerprint density at radius 2 is 1.92 bits per heavy atom. The molecule has 2 unspecified atom stereocenters. The number of ether oxygens (including phenoxy) is 2. The summed E-state index contributed by atoms with van der Waals surface area (Å²) in [5, 5.41) is 7.23. The lowest BCUT2D eigenvalue weighted by atomic mass is 9.83. The highest BCUT2D eigenvalue weighted by Gasteiger charge is 2.33. The van der Waals surface area contributed by atoms with Gasteiger partial charge in [-0.15, -0.1) is 0 Å². The Morgan fingerprint density at radius 1 is 1.15 bits per heavy atom. The zero-order chi connectivity index (χ0) is 18.2. The largest absolute Gasteiger partial charge is 0.381 e. The summed E-state index contributed by atoms with van der Waals surface area (Å²) in [6.07, 6.45) is 7.87. The van der Waals surface area contributed by atoms with E-state index in [1.165, 1.54) is 32.1 Å². The van der Waals surface area contributed by atoms with E-state index in [2.05, 4.69) is 27.4 Å². The Balaban J connectivity index is 1.52. The summed E-state index contributed by atoms with van der Waals surface area (Å²) in [6.45, 7) is 9.81. The maximum absolute atomic E-state index is 5.67. The first-order valence-electron chi connectivity index (χ1n) is 10.6. The first-order valence-corrected chi connectivity index (χ1v) is 10.6. The van der Waals surface area contributed by atoms with Gasteiger partial charge in [-0.3, -0.25) is 9.89 Å². The van der Waals surface area contributed by atoms with Gasteiger partial charge >= 0.3 is 0 Å². The summed E-state index contributed by atoms with van der Waals surface area (Å²) in [5.74, 6) is 1.55. The van der Waals surface area contributed by atoms with Gasteiger partial charge in [-0.05, 0) is 31.1 Å². The molecule has 2 aliphatic heterocycles. The smallest absolute Gasteiger partial charge is 0.191 e. The number of rotatable bonds is 7. The number of morpholine rings is 1. The number of guanidine groups is 1. The van der Waals surface area contributed by atoms with E-state index in [1.54, 1.807) is 0 Å². The van der Waals surface area contributed by atoms with Crippen LogP contribution in [0.15, 0.2) is 4.99 Å². The molecule has 1 saturated carbocycles.